The van der Waals surface area contributed by atoms with Crippen molar-refractivity contribution in [3.8, 4) is 0 Å². The van der Waals surface area contributed by atoms with Gasteiger partial charge in [0.15, 0.2) is 0 Å². The van der Waals surface area contributed by atoms with Crippen LogP contribution in [0.25, 0.3) is 0 Å². The fourth-order valence-corrected chi connectivity index (χ4v) is 2.33. The van der Waals surface area contributed by atoms with Crippen LogP contribution in [0.4, 0.5) is 17.1 Å². The number of thiazole rings is 1. The minimum atomic E-state index is 0.164. The Bertz CT molecular complexity index is 521. The molecular formula is C12H16N4S. The Morgan fingerprint density at radius 3 is 2.65 bits per heavy atom. The van der Waals surface area contributed by atoms with Gasteiger partial charge in [0.05, 0.1) is 17.4 Å². The zero-order valence-electron chi connectivity index (χ0n) is 9.90. The summed E-state index contributed by atoms with van der Waals surface area (Å²) >= 11 is 1.69. The molecule has 0 saturated carbocycles. The average Bonchev–Trinajstić information content (AvgIpc) is 2.70. The summed E-state index contributed by atoms with van der Waals surface area (Å²) in [5.74, 6) is 0. The largest absolute Gasteiger partial charge is 0.397 e. The van der Waals surface area contributed by atoms with Gasteiger partial charge in [-0.25, -0.2) is 4.98 Å². The van der Waals surface area contributed by atoms with Gasteiger partial charge in [-0.05, 0) is 32.0 Å². The Morgan fingerprint density at radius 1 is 1.29 bits per heavy atom. The highest BCUT2D eigenvalue weighted by molar-refractivity contribution is 7.11. The van der Waals surface area contributed by atoms with Crippen molar-refractivity contribution in [1.29, 1.82) is 0 Å². The predicted molar refractivity (Wildman–Crippen MR) is 74.2 cm³/mol. The lowest BCUT2D eigenvalue weighted by Crippen LogP contribution is -2.06. The first-order valence-corrected chi connectivity index (χ1v) is 6.22. The smallest absolute Gasteiger partial charge is 0.115 e. The maximum absolute atomic E-state index is 5.76. The lowest BCUT2D eigenvalue weighted by Gasteiger charge is -2.13. The maximum Gasteiger partial charge on any atom is 0.115 e. The van der Waals surface area contributed by atoms with E-state index in [1.165, 1.54) is 4.88 Å². The number of nitrogens with zero attached hydrogens (tertiary/aromatic N) is 1. The molecule has 0 saturated heterocycles. The van der Waals surface area contributed by atoms with E-state index in [9.17, 15) is 0 Å². The molecule has 4 nitrogen and oxygen atoms in total. The Hall–Kier alpha value is -1.75. The van der Waals surface area contributed by atoms with Crippen LogP contribution in [0.1, 0.15) is 22.9 Å². The van der Waals surface area contributed by atoms with E-state index in [-0.39, 0.29) is 6.04 Å². The number of nitrogens with one attached hydrogen (secondary N) is 1. The van der Waals surface area contributed by atoms with E-state index in [1.54, 1.807) is 17.4 Å². The van der Waals surface area contributed by atoms with Crippen LogP contribution in [0.5, 0.6) is 0 Å². The molecule has 90 valence electrons. The highest BCUT2D eigenvalue weighted by Crippen LogP contribution is 2.25. The number of hydrogen-bond acceptors (Lipinski definition) is 5. The second-order valence-electron chi connectivity index (χ2n) is 4.02. The number of aromatic nitrogens is 1. The van der Waals surface area contributed by atoms with Crippen molar-refractivity contribution in [2.75, 3.05) is 16.8 Å². The van der Waals surface area contributed by atoms with Crippen molar-refractivity contribution in [2.24, 2.45) is 0 Å². The summed E-state index contributed by atoms with van der Waals surface area (Å²) < 4.78 is 0. The summed E-state index contributed by atoms with van der Waals surface area (Å²) in [6, 6.07) is 5.73. The third-order valence-corrected chi connectivity index (χ3v) is 3.58. The summed E-state index contributed by atoms with van der Waals surface area (Å²) in [6.45, 7) is 4.12. The highest BCUT2D eigenvalue weighted by atomic mass is 32.1. The Labute approximate surface area is 105 Å². The zero-order valence-corrected chi connectivity index (χ0v) is 10.7. The van der Waals surface area contributed by atoms with Gasteiger partial charge in [-0.2, -0.15) is 0 Å². The van der Waals surface area contributed by atoms with E-state index < -0.39 is 0 Å². The number of anilines is 3. The van der Waals surface area contributed by atoms with Crippen molar-refractivity contribution >= 4 is 28.4 Å². The molecular weight excluding hydrogens is 232 g/mol. The van der Waals surface area contributed by atoms with Gasteiger partial charge in [-0.3, -0.25) is 0 Å². The zero-order chi connectivity index (χ0) is 12.4. The Kier molecular flexibility index (Phi) is 3.19. The van der Waals surface area contributed by atoms with E-state index in [4.69, 9.17) is 11.5 Å². The van der Waals surface area contributed by atoms with Crippen LogP contribution in [0.2, 0.25) is 0 Å². The Morgan fingerprint density at radius 2 is 2.06 bits per heavy atom. The predicted octanol–water partition coefficient (Wildman–Crippen LogP) is 2.79. The number of benzene rings is 1. The first-order chi connectivity index (χ1) is 8.06. The van der Waals surface area contributed by atoms with E-state index in [2.05, 4.69) is 24.1 Å². The van der Waals surface area contributed by atoms with Crippen LogP contribution in [0, 0.1) is 6.92 Å². The fraction of sp³-hybridized carbons (Fsp3) is 0.250. The van der Waals surface area contributed by atoms with Gasteiger partial charge >= 0.3 is 0 Å². The average molecular weight is 248 g/mol. The van der Waals surface area contributed by atoms with Crippen molar-refractivity contribution in [2.45, 2.75) is 19.9 Å². The molecule has 0 aliphatic carbocycles. The van der Waals surface area contributed by atoms with Gasteiger partial charge in [0.2, 0.25) is 0 Å². The molecule has 0 spiro atoms. The second-order valence-corrected chi connectivity index (χ2v) is 5.29. The first-order valence-electron chi connectivity index (χ1n) is 5.40. The van der Waals surface area contributed by atoms with Crippen LogP contribution in [0.3, 0.4) is 0 Å². The number of nitrogen functional groups attached to an aromatic ring is 2. The molecule has 1 aromatic heterocycles. The molecule has 2 rings (SSSR count). The second kappa shape index (κ2) is 4.63. The normalized spacial score (nSPS) is 12.4. The lowest BCUT2D eigenvalue weighted by molar-refractivity contribution is 0.870. The molecule has 1 unspecified atom stereocenters. The molecule has 17 heavy (non-hydrogen) atoms. The molecule has 0 amide bonds. The summed E-state index contributed by atoms with van der Waals surface area (Å²) in [7, 11) is 0. The van der Waals surface area contributed by atoms with Gasteiger partial charge in [0, 0.05) is 16.8 Å². The molecule has 1 atom stereocenters. The van der Waals surface area contributed by atoms with Gasteiger partial charge in [0.25, 0.3) is 0 Å². The SMILES string of the molecule is Cc1cnc(C(C)Nc2ccc(N)c(N)c2)s1. The monoisotopic (exact) mass is 248 g/mol. The summed E-state index contributed by atoms with van der Waals surface area (Å²) in [5.41, 5.74) is 13.6. The summed E-state index contributed by atoms with van der Waals surface area (Å²) in [5, 5.41) is 4.42. The molecule has 0 aliphatic rings. The molecule has 0 fully saturated rings. The van der Waals surface area contributed by atoms with Gasteiger partial charge < -0.3 is 16.8 Å². The molecule has 5 heteroatoms. The number of nitrogens with two attached hydrogens (primary N) is 2. The van der Waals surface area contributed by atoms with Crippen molar-refractivity contribution < 1.29 is 0 Å². The van der Waals surface area contributed by atoms with Crippen LogP contribution >= 0.6 is 11.3 Å². The van der Waals surface area contributed by atoms with Crippen LogP contribution < -0.4 is 16.8 Å². The molecule has 0 aliphatic heterocycles. The molecule has 2 aromatic rings. The first kappa shape index (κ1) is 11.7. The van der Waals surface area contributed by atoms with Crippen molar-refractivity contribution in [1.82, 2.24) is 4.98 Å². The van der Waals surface area contributed by atoms with Gasteiger partial charge in [-0.1, -0.05) is 0 Å². The summed E-state index contributed by atoms with van der Waals surface area (Å²) in [4.78, 5) is 5.57. The lowest BCUT2D eigenvalue weighted by atomic mass is 10.2. The third kappa shape index (κ3) is 2.68. The molecule has 5 N–H and O–H groups in total. The minimum absolute atomic E-state index is 0.164. The standard InChI is InChI=1S/C12H16N4S/c1-7-6-15-12(17-7)8(2)16-9-3-4-10(13)11(14)5-9/h3-6,8,16H,13-14H2,1-2H3. The van der Waals surface area contributed by atoms with E-state index in [0.717, 1.165) is 10.7 Å². The third-order valence-electron chi connectivity index (χ3n) is 2.48. The highest BCUT2D eigenvalue weighted by Gasteiger charge is 2.09. The summed E-state index contributed by atoms with van der Waals surface area (Å²) in [6.07, 6.45) is 1.88. The number of hydrogen-bond donors (Lipinski definition) is 3. The van der Waals surface area contributed by atoms with E-state index in [0.29, 0.717) is 11.4 Å². The van der Waals surface area contributed by atoms with Crippen LogP contribution in [0.15, 0.2) is 24.4 Å². The quantitative estimate of drug-likeness (QED) is 0.730. The topological polar surface area (TPSA) is 77.0 Å². The molecule has 0 bridgehead atoms. The fourth-order valence-electron chi connectivity index (χ4n) is 1.55. The molecule has 1 aromatic carbocycles. The van der Waals surface area contributed by atoms with Crippen LogP contribution in [-0.2, 0) is 0 Å². The van der Waals surface area contributed by atoms with Gasteiger partial charge in [0.1, 0.15) is 5.01 Å². The molecule has 0 radical (unpaired) electrons. The molecule has 1 heterocycles. The van der Waals surface area contributed by atoms with Crippen molar-refractivity contribution in [3.05, 3.63) is 34.3 Å². The van der Waals surface area contributed by atoms with E-state index >= 15 is 0 Å². The van der Waals surface area contributed by atoms with Gasteiger partial charge in [-0.15, -0.1) is 11.3 Å². The van der Waals surface area contributed by atoms with Crippen molar-refractivity contribution in [3.63, 3.8) is 0 Å². The Balaban J connectivity index is 2.12. The van der Waals surface area contributed by atoms with Crippen LogP contribution in [-0.4, -0.2) is 4.98 Å². The minimum Gasteiger partial charge on any atom is -0.397 e. The van der Waals surface area contributed by atoms with E-state index in [1.807, 2.05) is 18.3 Å². The number of rotatable bonds is 3. The number of aryl methyl sites for hydroxylation is 1. The maximum atomic E-state index is 5.76.